The third-order valence-corrected chi connectivity index (χ3v) is 5.00. The highest BCUT2D eigenvalue weighted by molar-refractivity contribution is 7.88. The maximum Gasteiger partial charge on any atom is 0.230 e. The number of rotatable bonds is 3. The molecule has 1 saturated heterocycles. The van der Waals surface area contributed by atoms with Crippen molar-refractivity contribution in [1.29, 1.82) is 0 Å². The largest absolute Gasteiger partial charge is 0.300 e. The van der Waals surface area contributed by atoms with Gasteiger partial charge in [0.05, 0.1) is 12.2 Å². The van der Waals surface area contributed by atoms with E-state index in [0.29, 0.717) is 24.5 Å². The number of sulfonamides is 1. The molecule has 2 heterocycles. The minimum Gasteiger partial charge on any atom is -0.300 e. The van der Waals surface area contributed by atoms with E-state index >= 15 is 0 Å². The standard InChI is InChI=1S/C10H16N4O3S2/c1-7-12-13-10(18-7)11-9(15)8-4-3-5-14(6-8)19(2,16)17/h8H,3-6H2,1-2H3,(H,11,13,15). The number of hydrogen-bond donors (Lipinski definition) is 1. The first kappa shape index (κ1) is 14.4. The summed E-state index contributed by atoms with van der Waals surface area (Å²) in [6.07, 6.45) is 2.55. The minimum atomic E-state index is -3.23. The summed E-state index contributed by atoms with van der Waals surface area (Å²) in [6.45, 7) is 2.53. The van der Waals surface area contributed by atoms with Gasteiger partial charge < -0.3 is 5.32 Å². The van der Waals surface area contributed by atoms with Crippen LogP contribution in [-0.2, 0) is 14.8 Å². The molecule has 1 aromatic rings. The first-order valence-corrected chi connectivity index (χ1v) is 8.59. The highest BCUT2D eigenvalue weighted by Gasteiger charge is 2.30. The molecule has 0 radical (unpaired) electrons. The summed E-state index contributed by atoms with van der Waals surface area (Å²) in [7, 11) is -3.23. The van der Waals surface area contributed by atoms with E-state index in [1.165, 1.54) is 21.9 Å². The van der Waals surface area contributed by atoms with Crippen LogP contribution in [0.25, 0.3) is 0 Å². The quantitative estimate of drug-likeness (QED) is 0.875. The first-order chi connectivity index (χ1) is 8.86. The molecule has 106 valence electrons. The Hall–Kier alpha value is -1.06. The Morgan fingerprint density at radius 3 is 2.79 bits per heavy atom. The molecule has 0 aliphatic carbocycles. The predicted octanol–water partition coefficient (Wildman–Crippen LogP) is 0.457. The van der Waals surface area contributed by atoms with E-state index in [1.807, 2.05) is 0 Å². The van der Waals surface area contributed by atoms with Crippen LogP contribution in [0.3, 0.4) is 0 Å². The SMILES string of the molecule is Cc1nnc(NC(=O)C2CCCN(S(C)(=O)=O)C2)s1. The zero-order chi connectivity index (χ0) is 14.0. The van der Waals surface area contributed by atoms with Crippen molar-refractivity contribution in [2.24, 2.45) is 5.92 Å². The van der Waals surface area contributed by atoms with Gasteiger partial charge in [0.1, 0.15) is 5.01 Å². The molecule has 1 aliphatic rings. The number of aromatic nitrogens is 2. The van der Waals surface area contributed by atoms with Crippen LogP contribution in [0.4, 0.5) is 5.13 Å². The zero-order valence-corrected chi connectivity index (χ0v) is 12.4. The maximum absolute atomic E-state index is 12.1. The number of amides is 1. The third kappa shape index (κ3) is 3.71. The highest BCUT2D eigenvalue weighted by atomic mass is 32.2. The number of anilines is 1. The Morgan fingerprint density at radius 2 is 2.21 bits per heavy atom. The molecule has 1 N–H and O–H groups in total. The molecule has 2 rings (SSSR count). The number of carbonyl (C=O) groups excluding carboxylic acids is 1. The number of carbonyl (C=O) groups is 1. The summed E-state index contributed by atoms with van der Waals surface area (Å²) in [6, 6.07) is 0. The minimum absolute atomic E-state index is 0.190. The molecule has 0 bridgehead atoms. The van der Waals surface area contributed by atoms with Gasteiger partial charge in [0.15, 0.2) is 0 Å². The zero-order valence-electron chi connectivity index (χ0n) is 10.8. The van der Waals surface area contributed by atoms with Crippen LogP contribution >= 0.6 is 11.3 Å². The molecular weight excluding hydrogens is 288 g/mol. The average molecular weight is 304 g/mol. The Morgan fingerprint density at radius 1 is 1.47 bits per heavy atom. The summed E-state index contributed by atoms with van der Waals surface area (Å²) in [5.41, 5.74) is 0. The fraction of sp³-hybridized carbons (Fsp3) is 0.700. The maximum atomic E-state index is 12.1. The predicted molar refractivity (Wildman–Crippen MR) is 72.4 cm³/mol. The van der Waals surface area contributed by atoms with Gasteiger partial charge in [-0.3, -0.25) is 4.79 Å². The molecule has 1 amide bonds. The molecule has 9 heteroatoms. The number of aryl methyl sites for hydroxylation is 1. The second-order valence-electron chi connectivity index (χ2n) is 4.58. The van der Waals surface area contributed by atoms with Gasteiger partial charge in [-0.25, -0.2) is 12.7 Å². The Balaban J connectivity index is 1.99. The van der Waals surface area contributed by atoms with E-state index < -0.39 is 10.0 Å². The van der Waals surface area contributed by atoms with Crippen molar-refractivity contribution in [2.45, 2.75) is 19.8 Å². The van der Waals surface area contributed by atoms with Crippen LogP contribution < -0.4 is 5.32 Å². The van der Waals surface area contributed by atoms with Gasteiger partial charge in [-0.05, 0) is 19.8 Å². The van der Waals surface area contributed by atoms with Crippen molar-refractivity contribution in [3.63, 3.8) is 0 Å². The lowest BCUT2D eigenvalue weighted by Gasteiger charge is -2.29. The monoisotopic (exact) mass is 304 g/mol. The number of nitrogens with one attached hydrogen (secondary N) is 1. The van der Waals surface area contributed by atoms with Crippen molar-refractivity contribution in [2.75, 3.05) is 24.7 Å². The van der Waals surface area contributed by atoms with Gasteiger partial charge in [0.25, 0.3) is 0 Å². The lowest BCUT2D eigenvalue weighted by molar-refractivity contribution is -0.120. The van der Waals surface area contributed by atoms with Crippen molar-refractivity contribution in [3.8, 4) is 0 Å². The molecular formula is C10H16N4O3S2. The fourth-order valence-corrected chi connectivity index (χ4v) is 3.52. The van der Waals surface area contributed by atoms with Gasteiger partial charge in [0.2, 0.25) is 21.1 Å². The van der Waals surface area contributed by atoms with Crippen LogP contribution in [0.15, 0.2) is 0 Å². The van der Waals surface area contributed by atoms with Crippen LogP contribution in [0.5, 0.6) is 0 Å². The molecule has 19 heavy (non-hydrogen) atoms. The van der Waals surface area contributed by atoms with E-state index in [0.717, 1.165) is 5.01 Å². The van der Waals surface area contributed by atoms with Crippen molar-refractivity contribution < 1.29 is 13.2 Å². The molecule has 1 aliphatic heterocycles. The van der Waals surface area contributed by atoms with Crippen LogP contribution in [0.2, 0.25) is 0 Å². The van der Waals surface area contributed by atoms with Gasteiger partial charge >= 0.3 is 0 Å². The van der Waals surface area contributed by atoms with Crippen molar-refractivity contribution >= 4 is 32.4 Å². The number of hydrogen-bond acceptors (Lipinski definition) is 6. The summed E-state index contributed by atoms with van der Waals surface area (Å²) >= 11 is 1.30. The van der Waals surface area contributed by atoms with Gasteiger partial charge in [-0.1, -0.05) is 11.3 Å². The van der Waals surface area contributed by atoms with Crippen molar-refractivity contribution in [1.82, 2.24) is 14.5 Å². The van der Waals surface area contributed by atoms with E-state index in [9.17, 15) is 13.2 Å². The second kappa shape index (κ2) is 5.51. The smallest absolute Gasteiger partial charge is 0.230 e. The van der Waals surface area contributed by atoms with E-state index in [1.54, 1.807) is 6.92 Å². The van der Waals surface area contributed by atoms with E-state index in [2.05, 4.69) is 15.5 Å². The van der Waals surface area contributed by atoms with Crippen molar-refractivity contribution in [3.05, 3.63) is 5.01 Å². The van der Waals surface area contributed by atoms with Gasteiger partial charge in [0, 0.05) is 13.1 Å². The molecule has 1 unspecified atom stereocenters. The van der Waals surface area contributed by atoms with Crippen LogP contribution in [0, 0.1) is 12.8 Å². The summed E-state index contributed by atoms with van der Waals surface area (Å²) in [5, 5.41) is 11.6. The first-order valence-electron chi connectivity index (χ1n) is 5.92. The van der Waals surface area contributed by atoms with Crippen LogP contribution in [0.1, 0.15) is 17.8 Å². The van der Waals surface area contributed by atoms with Gasteiger partial charge in [-0.15, -0.1) is 10.2 Å². The number of piperidine rings is 1. The van der Waals surface area contributed by atoms with Gasteiger partial charge in [-0.2, -0.15) is 0 Å². The fourth-order valence-electron chi connectivity index (χ4n) is 2.01. The molecule has 7 nitrogen and oxygen atoms in total. The Labute approximate surface area is 116 Å². The summed E-state index contributed by atoms with van der Waals surface area (Å²) in [5.74, 6) is -0.516. The molecule has 0 saturated carbocycles. The molecule has 1 fully saturated rings. The molecule has 1 aromatic heterocycles. The summed E-state index contributed by atoms with van der Waals surface area (Å²) in [4.78, 5) is 12.1. The second-order valence-corrected chi connectivity index (χ2v) is 7.74. The lowest BCUT2D eigenvalue weighted by Crippen LogP contribution is -2.43. The number of nitrogens with zero attached hydrogens (tertiary/aromatic N) is 3. The Bertz CT molecular complexity index is 569. The summed E-state index contributed by atoms with van der Waals surface area (Å²) < 4.78 is 24.3. The molecule has 0 aromatic carbocycles. The van der Waals surface area contributed by atoms with E-state index in [-0.39, 0.29) is 18.4 Å². The van der Waals surface area contributed by atoms with E-state index in [4.69, 9.17) is 0 Å². The highest BCUT2D eigenvalue weighted by Crippen LogP contribution is 2.21. The topological polar surface area (TPSA) is 92.3 Å². The molecule has 1 atom stereocenters. The molecule has 0 spiro atoms. The normalized spacial score (nSPS) is 21.3. The average Bonchev–Trinajstić information content (AvgIpc) is 2.74. The Kier molecular flexibility index (Phi) is 4.16. The third-order valence-electron chi connectivity index (χ3n) is 2.98. The lowest BCUT2D eigenvalue weighted by atomic mass is 9.99. The van der Waals surface area contributed by atoms with Crippen LogP contribution in [-0.4, -0.2) is 48.2 Å².